The number of hydrogen-bond acceptors (Lipinski definition) is 7. The quantitative estimate of drug-likeness (QED) is 0.157. The fourth-order valence-electron chi connectivity index (χ4n) is 4.70. The average molecular weight is 495 g/mol. The van der Waals surface area contributed by atoms with Crippen LogP contribution in [0.25, 0.3) is 4.85 Å². The Bertz CT molecular complexity index is 992. The molecule has 2 rings (SSSR count). The van der Waals surface area contributed by atoms with Crippen molar-refractivity contribution in [2.45, 2.75) is 67.2 Å². The van der Waals surface area contributed by atoms with Crippen LogP contribution in [0.4, 0.5) is 0 Å². The molecule has 0 aromatic heterocycles. The summed E-state index contributed by atoms with van der Waals surface area (Å²) in [5, 5.41) is 16.4. The second kappa shape index (κ2) is 12.4. The Morgan fingerprint density at radius 1 is 0.917 bits per heavy atom. The second-order valence-corrected chi connectivity index (χ2v) is 10.7. The maximum atomic E-state index is 12.2. The maximum Gasteiger partial charge on any atom is 0.349 e. The van der Waals surface area contributed by atoms with Gasteiger partial charge in [-0.3, -0.25) is 4.79 Å². The highest BCUT2D eigenvalue weighted by Crippen LogP contribution is 2.39. The normalized spacial score (nSPS) is 21.0. The van der Waals surface area contributed by atoms with Gasteiger partial charge in [-0.05, 0) is 67.6 Å². The van der Waals surface area contributed by atoms with Crippen LogP contribution >= 0.6 is 0 Å². The molecule has 0 bridgehead atoms. The molecule has 0 heterocycles. The van der Waals surface area contributed by atoms with E-state index in [0.717, 1.165) is 24.2 Å². The van der Waals surface area contributed by atoms with Crippen LogP contribution in [-0.2, 0) is 19.1 Å². The summed E-state index contributed by atoms with van der Waals surface area (Å²) < 4.78 is 10.1. The molecule has 2 N–H and O–H groups in total. The molecule has 8 heteroatoms. The summed E-state index contributed by atoms with van der Waals surface area (Å²) in [5.41, 5.74) is 3.24. The molecule has 0 saturated heterocycles. The first-order valence-electron chi connectivity index (χ1n) is 12.4. The van der Waals surface area contributed by atoms with Gasteiger partial charge in [0.15, 0.2) is 0 Å². The van der Waals surface area contributed by atoms with Gasteiger partial charge >= 0.3 is 11.9 Å². The summed E-state index contributed by atoms with van der Waals surface area (Å²) >= 11 is 0. The topological polar surface area (TPSA) is 105 Å². The van der Waals surface area contributed by atoms with Crippen molar-refractivity contribution < 1.29 is 19.1 Å². The third-order valence-corrected chi connectivity index (χ3v) is 6.00. The van der Waals surface area contributed by atoms with Gasteiger partial charge < -0.3 is 20.1 Å². The van der Waals surface area contributed by atoms with Gasteiger partial charge in [0.1, 0.15) is 11.6 Å². The Morgan fingerprint density at radius 3 is 1.86 bits per heavy atom. The van der Waals surface area contributed by atoms with E-state index in [1.54, 1.807) is 13.8 Å². The highest BCUT2D eigenvalue weighted by Gasteiger charge is 2.30. The highest BCUT2D eigenvalue weighted by atomic mass is 16.5. The van der Waals surface area contributed by atoms with Gasteiger partial charge in [0, 0.05) is 24.5 Å². The highest BCUT2D eigenvalue weighted by molar-refractivity contribution is 5.94. The van der Waals surface area contributed by atoms with Crippen molar-refractivity contribution in [1.82, 2.24) is 10.6 Å². The van der Waals surface area contributed by atoms with E-state index in [4.69, 9.17) is 16.0 Å². The van der Waals surface area contributed by atoms with Crippen molar-refractivity contribution in [2.75, 3.05) is 26.3 Å². The van der Waals surface area contributed by atoms with Crippen LogP contribution in [0.15, 0.2) is 46.0 Å². The minimum Gasteiger partial charge on any atom is -0.471 e. The van der Waals surface area contributed by atoms with Crippen LogP contribution in [0.2, 0.25) is 0 Å². The lowest BCUT2D eigenvalue weighted by Gasteiger charge is -2.33. The van der Waals surface area contributed by atoms with Crippen molar-refractivity contribution in [3.63, 3.8) is 0 Å². The molecule has 0 radical (unpaired) electrons. The van der Waals surface area contributed by atoms with Gasteiger partial charge in [0.2, 0.25) is 0 Å². The van der Waals surface area contributed by atoms with Crippen LogP contribution in [0.5, 0.6) is 0 Å². The zero-order valence-electron chi connectivity index (χ0n) is 22.3. The number of carbonyl (C=O) groups excluding carboxylic acids is 2. The molecule has 2 aliphatic carbocycles. The van der Waals surface area contributed by atoms with Gasteiger partial charge in [0.25, 0.3) is 5.70 Å². The monoisotopic (exact) mass is 494 g/mol. The van der Waals surface area contributed by atoms with E-state index in [9.17, 15) is 14.9 Å². The molecule has 36 heavy (non-hydrogen) atoms. The molecule has 0 fully saturated rings. The smallest absolute Gasteiger partial charge is 0.349 e. The van der Waals surface area contributed by atoms with E-state index in [0.29, 0.717) is 37.1 Å². The Labute approximate surface area is 214 Å². The SMILES string of the molecule is [C-]#[N+]/C(C(=O)OCC)=C1/C=C(NCCNC2=C/C(=C(/C#N)C(=O)OCC)CC(C)(C)C2)CC(C)(C)C1. The van der Waals surface area contributed by atoms with Gasteiger partial charge in [-0.25, -0.2) is 9.64 Å². The van der Waals surface area contributed by atoms with Crippen molar-refractivity contribution in [2.24, 2.45) is 10.8 Å². The summed E-state index contributed by atoms with van der Waals surface area (Å²) in [7, 11) is 0. The lowest BCUT2D eigenvalue weighted by atomic mass is 9.76. The zero-order valence-corrected chi connectivity index (χ0v) is 22.3. The van der Waals surface area contributed by atoms with Crippen LogP contribution in [0.1, 0.15) is 67.2 Å². The summed E-state index contributed by atoms with van der Waals surface area (Å²) in [5.74, 6) is -1.16. The molecule has 2 aliphatic rings. The number of nitrogens with zero attached hydrogens (tertiary/aromatic N) is 2. The number of nitriles is 1. The molecule has 0 spiro atoms. The summed E-state index contributed by atoms with van der Waals surface area (Å²) in [4.78, 5) is 27.9. The standard InChI is InChI=1S/C28H38N4O4/c1-8-35-25(33)23(18-29)19-12-21(16-27(3,4)14-19)31-10-11-32-22-13-20(15-28(5,6)17-22)24(30-7)26(34)36-9-2/h12-13,31-32H,8-11,14-17H2,1-6H3/b23-19+,24-20-. The first-order chi connectivity index (χ1) is 16.9. The molecule has 0 aromatic carbocycles. The van der Waals surface area contributed by atoms with Crippen LogP contribution in [-0.4, -0.2) is 38.2 Å². The minimum atomic E-state index is -0.581. The number of allylic oxidation sites excluding steroid dienone is 6. The lowest BCUT2D eigenvalue weighted by molar-refractivity contribution is -0.139. The second-order valence-electron chi connectivity index (χ2n) is 10.7. The molecule has 0 saturated carbocycles. The lowest BCUT2D eigenvalue weighted by Crippen LogP contribution is -2.32. The van der Waals surface area contributed by atoms with Crippen molar-refractivity contribution in [1.29, 1.82) is 5.26 Å². The summed E-state index contributed by atoms with van der Waals surface area (Å²) in [6, 6.07) is 2.02. The van der Waals surface area contributed by atoms with E-state index in [1.807, 2.05) is 18.2 Å². The minimum absolute atomic E-state index is 0.0471. The van der Waals surface area contributed by atoms with Crippen LogP contribution in [0, 0.1) is 28.7 Å². The van der Waals surface area contributed by atoms with Crippen molar-refractivity contribution >= 4 is 11.9 Å². The molecule has 0 amide bonds. The Hall–Kier alpha value is -3.52. The molecule has 0 aromatic rings. The summed E-state index contributed by atoms with van der Waals surface area (Å²) in [6.45, 7) is 21.1. The fourth-order valence-corrected chi connectivity index (χ4v) is 4.70. The van der Waals surface area contributed by atoms with Gasteiger partial charge in [-0.1, -0.05) is 33.8 Å². The first kappa shape index (κ1) is 28.7. The Kier molecular flexibility index (Phi) is 9.93. The van der Waals surface area contributed by atoms with E-state index >= 15 is 0 Å². The molecule has 0 atom stereocenters. The number of ether oxygens (including phenoxy) is 2. The molecule has 194 valence electrons. The van der Waals surface area contributed by atoms with Crippen molar-refractivity contribution in [3.05, 3.63) is 57.4 Å². The molecular formula is C28H38N4O4. The van der Waals surface area contributed by atoms with Gasteiger partial charge in [-0.2, -0.15) is 5.26 Å². The number of esters is 2. The Balaban J connectivity index is 2.14. The van der Waals surface area contributed by atoms with Gasteiger partial charge in [0.05, 0.1) is 19.8 Å². The van der Waals surface area contributed by atoms with Crippen LogP contribution in [0.3, 0.4) is 0 Å². The largest absolute Gasteiger partial charge is 0.471 e. The van der Waals surface area contributed by atoms with Crippen molar-refractivity contribution in [3.8, 4) is 6.07 Å². The fraction of sp³-hybridized carbons (Fsp3) is 0.571. The summed E-state index contributed by atoms with van der Waals surface area (Å²) in [6.07, 6.45) is 6.65. The third kappa shape index (κ3) is 8.02. The Morgan fingerprint density at radius 2 is 1.39 bits per heavy atom. The number of rotatable bonds is 9. The van der Waals surface area contributed by atoms with E-state index in [1.165, 1.54) is 0 Å². The number of nitrogens with one attached hydrogen (secondary N) is 2. The van der Waals surface area contributed by atoms with E-state index < -0.39 is 11.9 Å². The molecule has 0 unspecified atom stereocenters. The molecule has 8 nitrogen and oxygen atoms in total. The zero-order chi connectivity index (χ0) is 26.9. The molecule has 0 aliphatic heterocycles. The predicted octanol–water partition coefficient (Wildman–Crippen LogP) is 4.69. The maximum absolute atomic E-state index is 12.2. The first-order valence-corrected chi connectivity index (χ1v) is 12.4. The number of carbonyl (C=O) groups is 2. The van der Waals surface area contributed by atoms with Crippen LogP contribution < -0.4 is 10.6 Å². The molecular weight excluding hydrogens is 456 g/mol. The van der Waals surface area contributed by atoms with E-state index in [-0.39, 0.29) is 35.3 Å². The third-order valence-electron chi connectivity index (χ3n) is 6.00. The average Bonchev–Trinajstić information content (AvgIpc) is 2.76. The predicted molar refractivity (Wildman–Crippen MR) is 138 cm³/mol. The number of hydrogen-bond donors (Lipinski definition) is 2. The van der Waals surface area contributed by atoms with E-state index in [2.05, 4.69) is 43.2 Å². The van der Waals surface area contributed by atoms with Gasteiger partial charge in [-0.15, -0.1) is 0 Å².